The molecule has 0 spiro atoms. The average molecular weight is 275 g/mol. The predicted molar refractivity (Wildman–Crippen MR) is 78.4 cm³/mol. The van der Waals surface area contributed by atoms with E-state index in [-0.39, 0.29) is 5.82 Å². The zero-order valence-electron chi connectivity index (χ0n) is 10.5. The van der Waals surface area contributed by atoms with Crippen LogP contribution in [0.4, 0.5) is 10.2 Å². The smallest absolute Gasteiger partial charge is 0.172 e. The molecule has 1 aromatic carbocycles. The SMILES string of the molecule is Cc1ccnc(NC(=S)NCc2cccc(F)c2)c1. The van der Waals surface area contributed by atoms with Crippen LogP contribution < -0.4 is 10.6 Å². The highest BCUT2D eigenvalue weighted by Gasteiger charge is 2.00. The van der Waals surface area contributed by atoms with Crippen molar-refractivity contribution in [3.05, 3.63) is 59.5 Å². The van der Waals surface area contributed by atoms with Gasteiger partial charge in [-0.05, 0) is 54.5 Å². The largest absolute Gasteiger partial charge is 0.358 e. The van der Waals surface area contributed by atoms with Crippen molar-refractivity contribution in [3.8, 4) is 0 Å². The van der Waals surface area contributed by atoms with Gasteiger partial charge in [-0.3, -0.25) is 0 Å². The van der Waals surface area contributed by atoms with Gasteiger partial charge in [0, 0.05) is 12.7 Å². The molecule has 0 aliphatic rings. The van der Waals surface area contributed by atoms with Crippen molar-refractivity contribution in [2.75, 3.05) is 5.32 Å². The summed E-state index contributed by atoms with van der Waals surface area (Å²) in [7, 11) is 0. The topological polar surface area (TPSA) is 37.0 Å². The maximum absolute atomic E-state index is 13.0. The van der Waals surface area contributed by atoms with Crippen molar-refractivity contribution in [1.29, 1.82) is 0 Å². The van der Waals surface area contributed by atoms with Gasteiger partial charge in [0.1, 0.15) is 11.6 Å². The molecule has 2 rings (SSSR count). The number of rotatable bonds is 3. The summed E-state index contributed by atoms with van der Waals surface area (Å²) in [6.07, 6.45) is 1.72. The maximum atomic E-state index is 13.0. The van der Waals surface area contributed by atoms with Gasteiger partial charge in [0.15, 0.2) is 5.11 Å². The second-order valence-electron chi connectivity index (χ2n) is 4.16. The lowest BCUT2D eigenvalue weighted by Gasteiger charge is -2.10. The molecule has 5 heteroatoms. The number of nitrogens with one attached hydrogen (secondary N) is 2. The summed E-state index contributed by atoms with van der Waals surface area (Å²) in [6, 6.07) is 10.2. The summed E-state index contributed by atoms with van der Waals surface area (Å²) in [5.41, 5.74) is 1.94. The molecule has 0 atom stereocenters. The molecule has 0 aliphatic carbocycles. The van der Waals surface area contributed by atoms with Gasteiger partial charge in [-0.1, -0.05) is 12.1 Å². The lowest BCUT2D eigenvalue weighted by molar-refractivity contribution is 0.625. The number of anilines is 1. The zero-order valence-corrected chi connectivity index (χ0v) is 11.3. The Kier molecular flexibility index (Phi) is 4.41. The summed E-state index contributed by atoms with van der Waals surface area (Å²) in [6.45, 7) is 2.45. The van der Waals surface area contributed by atoms with E-state index in [1.54, 1.807) is 12.3 Å². The molecule has 3 nitrogen and oxygen atoms in total. The van der Waals surface area contributed by atoms with Gasteiger partial charge in [-0.2, -0.15) is 0 Å². The van der Waals surface area contributed by atoms with E-state index in [0.717, 1.165) is 11.1 Å². The third-order valence-corrected chi connectivity index (χ3v) is 2.75. The molecule has 0 saturated heterocycles. The van der Waals surface area contributed by atoms with E-state index in [1.165, 1.54) is 12.1 Å². The lowest BCUT2D eigenvalue weighted by atomic mass is 10.2. The summed E-state index contributed by atoms with van der Waals surface area (Å²) in [5, 5.41) is 6.45. The maximum Gasteiger partial charge on any atom is 0.172 e. The van der Waals surface area contributed by atoms with E-state index in [4.69, 9.17) is 12.2 Å². The van der Waals surface area contributed by atoms with Crippen LogP contribution in [0, 0.1) is 12.7 Å². The minimum absolute atomic E-state index is 0.251. The van der Waals surface area contributed by atoms with Gasteiger partial charge < -0.3 is 10.6 Å². The Morgan fingerprint density at radius 3 is 2.89 bits per heavy atom. The molecule has 0 aliphatic heterocycles. The first-order chi connectivity index (χ1) is 9.13. The molecule has 0 unspecified atom stereocenters. The number of hydrogen-bond acceptors (Lipinski definition) is 2. The summed E-state index contributed by atoms with van der Waals surface area (Å²) >= 11 is 5.16. The fourth-order valence-corrected chi connectivity index (χ4v) is 1.77. The van der Waals surface area contributed by atoms with E-state index < -0.39 is 0 Å². The molecule has 0 saturated carbocycles. The predicted octanol–water partition coefficient (Wildman–Crippen LogP) is 3.02. The molecular formula is C14H14FN3S. The Hall–Kier alpha value is -2.01. The summed E-state index contributed by atoms with van der Waals surface area (Å²) in [5.74, 6) is 0.440. The van der Waals surface area contributed by atoms with Gasteiger partial charge in [-0.15, -0.1) is 0 Å². The van der Waals surface area contributed by atoms with Gasteiger partial charge in [0.25, 0.3) is 0 Å². The van der Waals surface area contributed by atoms with Crippen LogP contribution in [0.15, 0.2) is 42.6 Å². The van der Waals surface area contributed by atoms with E-state index in [9.17, 15) is 4.39 Å². The number of halogens is 1. The average Bonchev–Trinajstić information content (AvgIpc) is 2.36. The second-order valence-corrected chi connectivity index (χ2v) is 4.56. The van der Waals surface area contributed by atoms with Gasteiger partial charge in [0.2, 0.25) is 0 Å². The highest BCUT2D eigenvalue weighted by molar-refractivity contribution is 7.80. The Bertz CT molecular complexity index is 586. The van der Waals surface area contributed by atoms with Crippen LogP contribution in [0.5, 0.6) is 0 Å². The molecule has 0 bridgehead atoms. The van der Waals surface area contributed by atoms with Crippen molar-refractivity contribution < 1.29 is 4.39 Å². The molecule has 1 aromatic heterocycles. The second kappa shape index (κ2) is 6.24. The quantitative estimate of drug-likeness (QED) is 0.844. The molecule has 98 valence electrons. The Morgan fingerprint density at radius 2 is 2.16 bits per heavy atom. The Balaban J connectivity index is 1.88. The number of aromatic nitrogens is 1. The van der Waals surface area contributed by atoms with Crippen LogP contribution in [0.25, 0.3) is 0 Å². The van der Waals surface area contributed by atoms with Crippen LogP contribution in [0.2, 0.25) is 0 Å². The summed E-state index contributed by atoms with van der Waals surface area (Å²) in [4.78, 5) is 4.15. The van der Waals surface area contributed by atoms with Gasteiger partial charge in [0.05, 0.1) is 0 Å². The number of pyridine rings is 1. The first kappa shape index (κ1) is 13.4. The van der Waals surface area contributed by atoms with Crippen molar-refractivity contribution in [1.82, 2.24) is 10.3 Å². The van der Waals surface area contributed by atoms with Gasteiger partial charge >= 0.3 is 0 Å². The van der Waals surface area contributed by atoms with Gasteiger partial charge in [-0.25, -0.2) is 9.37 Å². The fourth-order valence-electron chi connectivity index (χ4n) is 1.59. The fraction of sp³-hybridized carbons (Fsp3) is 0.143. The molecule has 0 radical (unpaired) electrons. The van der Waals surface area contributed by atoms with E-state index in [2.05, 4.69) is 15.6 Å². The monoisotopic (exact) mass is 275 g/mol. The Labute approximate surface area is 116 Å². The van der Waals surface area contributed by atoms with Crippen LogP contribution >= 0.6 is 12.2 Å². The number of hydrogen-bond donors (Lipinski definition) is 2. The van der Waals surface area contributed by atoms with Crippen LogP contribution in [-0.2, 0) is 6.54 Å². The molecule has 0 fully saturated rings. The zero-order chi connectivity index (χ0) is 13.7. The third kappa shape index (κ3) is 4.30. The van der Waals surface area contributed by atoms with Crippen LogP contribution in [0.3, 0.4) is 0 Å². The standard InChI is InChI=1S/C14H14FN3S/c1-10-5-6-16-13(7-10)18-14(19)17-9-11-3-2-4-12(15)8-11/h2-8H,9H2,1H3,(H2,16,17,18,19). The first-order valence-corrected chi connectivity index (χ1v) is 6.26. The molecule has 0 amide bonds. The van der Waals surface area contributed by atoms with Crippen molar-refractivity contribution in [3.63, 3.8) is 0 Å². The van der Waals surface area contributed by atoms with Crippen LogP contribution in [0.1, 0.15) is 11.1 Å². The molecular weight excluding hydrogens is 261 g/mol. The molecule has 1 heterocycles. The van der Waals surface area contributed by atoms with E-state index in [0.29, 0.717) is 17.5 Å². The highest BCUT2D eigenvalue weighted by atomic mass is 32.1. The highest BCUT2D eigenvalue weighted by Crippen LogP contribution is 2.06. The molecule has 2 aromatic rings. The van der Waals surface area contributed by atoms with Crippen molar-refractivity contribution in [2.45, 2.75) is 13.5 Å². The first-order valence-electron chi connectivity index (χ1n) is 5.85. The van der Waals surface area contributed by atoms with Crippen molar-refractivity contribution in [2.24, 2.45) is 0 Å². The number of benzene rings is 1. The number of thiocarbonyl (C=S) groups is 1. The lowest BCUT2D eigenvalue weighted by Crippen LogP contribution is -2.28. The van der Waals surface area contributed by atoms with E-state index >= 15 is 0 Å². The minimum atomic E-state index is -0.251. The normalized spacial score (nSPS) is 10.0. The minimum Gasteiger partial charge on any atom is -0.358 e. The third-order valence-electron chi connectivity index (χ3n) is 2.50. The Morgan fingerprint density at radius 1 is 1.32 bits per heavy atom. The van der Waals surface area contributed by atoms with Crippen molar-refractivity contribution >= 4 is 23.1 Å². The summed E-state index contributed by atoms with van der Waals surface area (Å²) < 4.78 is 13.0. The molecule has 19 heavy (non-hydrogen) atoms. The number of aryl methyl sites for hydroxylation is 1. The van der Waals surface area contributed by atoms with Crippen LogP contribution in [-0.4, -0.2) is 10.1 Å². The van der Waals surface area contributed by atoms with E-state index in [1.807, 2.05) is 25.1 Å². The molecule has 2 N–H and O–H groups in total. The number of nitrogens with zero attached hydrogens (tertiary/aromatic N) is 1.